The minimum Gasteiger partial charge on any atom is -0.348 e. The molecule has 0 spiro atoms. The number of halogens is 1. The maximum absolute atomic E-state index is 11.8. The number of aromatic nitrogens is 2. The largest absolute Gasteiger partial charge is 0.348 e. The Morgan fingerprint density at radius 1 is 1.19 bits per heavy atom. The zero-order chi connectivity index (χ0) is 15.4. The van der Waals surface area contributed by atoms with Gasteiger partial charge < -0.3 is 10.6 Å². The van der Waals surface area contributed by atoms with Crippen molar-refractivity contribution in [1.29, 1.82) is 0 Å². The van der Waals surface area contributed by atoms with Crippen LogP contribution in [0.2, 0.25) is 0 Å². The van der Waals surface area contributed by atoms with Gasteiger partial charge in [0.1, 0.15) is 0 Å². The van der Waals surface area contributed by atoms with E-state index in [1.54, 1.807) is 12.1 Å². The second-order valence-corrected chi connectivity index (χ2v) is 5.88. The molecule has 0 bridgehead atoms. The average Bonchev–Trinajstić information content (AvgIpc) is 2.43. The van der Waals surface area contributed by atoms with Gasteiger partial charge in [-0.1, -0.05) is 22.0 Å². The summed E-state index contributed by atoms with van der Waals surface area (Å²) in [5.41, 5.74) is 2.37. The smallest absolute Gasteiger partial charge is 0.271 e. The number of hydrogen-bond acceptors (Lipinski definition) is 4. The average molecular weight is 349 g/mol. The summed E-state index contributed by atoms with van der Waals surface area (Å²) in [7, 11) is 0. The van der Waals surface area contributed by atoms with Crippen LogP contribution in [0.25, 0.3) is 0 Å². The Hall–Kier alpha value is -1.95. The fraction of sp³-hybridized carbons (Fsp3) is 0.267. The molecule has 1 amide bonds. The third-order valence-corrected chi connectivity index (χ3v) is 3.62. The van der Waals surface area contributed by atoms with E-state index in [1.165, 1.54) is 0 Å². The minimum atomic E-state index is -0.220. The molecule has 2 aromatic rings. The molecule has 0 radical (unpaired) electrons. The van der Waals surface area contributed by atoms with Crippen LogP contribution in [0.3, 0.4) is 0 Å². The summed E-state index contributed by atoms with van der Waals surface area (Å²) in [6.07, 6.45) is 0. The van der Waals surface area contributed by atoms with Gasteiger partial charge in [0.2, 0.25) is 0 Å². The van der Waals surface area contributed by atoms with Crippen LogP contribution in [-0.2, 0) is 0 Å². The molecule has 6 heteroatoms. The molecule has 5 nitrogen and oxygen atoms in total. The van der Waals surface area contributed by atoms with E-state index < -0.39 is 0 Å². The number of carbonyl (C=O) groups is 1. The van der Waals surface area contributed by atoms with Crippen molar-refractivity contribution in [3.63, 3.8) is 0 Å². The highest BCUT2D eigenvalue weighted by Crippen LogP contribution is 2.22. The molecule has 110 valence electrons. The fourth-order valence-electron chi connectivity index (χ4n) is 1.67. The number of rotatable bonds is 4. The van der Waals surface area contributed by atoms with Gasteiger partial charge in [-0.3, -0.25) is 4.79 Å². The molecule has 1 aromatic heterocycles. The van der Waals surface area contributed by atoms with Gasteiger partial charge in [-0.25, -0.2) is 0 Å². The zero-order valence-corrected chi connectivity index (χ0v) is 13.7. The summed E-state index contributed by atoms with van der Waals surface area (Å²) >= 11 is 3.48. The molecule has 2 rings (SSSR count). The van der Waals surface area contributed by atoms with Gasteiger partial charge in [-0.2, -0.15) is 0 Å². The number of nitrogens with one attached hydrogen (secondary N) is 2. The molecule has 0 aliphatic heterocycles. The van der Waals surface area contributed by atoms with Crippen LogP contribution in [0.4, 0.5) is 11.5 Å². The zero-order valence-electron chi connectivity index (χ0n) is 12.1. The standard InChI is InChI=1S/C15H17BrN4O/c1-9(2)17-15(21)13-6-7-14(20-19-13)18-11-5-4-10(3)12(16)8-11/h4-9H,1-3H3,(H,17,21)(H,18,20). The van der Waals surface area contributed by atoms with Crippen molar-refractivity contribution in [2.45, 2.75) is 26.8 Å². The minimum absolute atomic E-state index is 0.0713. The highest BCUT2D eigenvalue weighted by Gasteiger charge is 2.09. The van der Waals surface area contributed by atoms with Gasteiger partial charge in [0, 0.05) is 16.2 Å². The topological polar surface area (TPSA) is 66.9 Å². The lowest BCUT2D eigenvalue weighted by Crippen LogP contribution is -2.30. The highest BCUT2D eigenvalue weighted by molar-refractivity contribution is 9.10. The first-order chi connectivity index (χ1) is 9.95. The van der Waals surface area contributed by atoms with Crippen LogP contribution in [0.5, 0.6) is 0 Å². The van der Waals surface area contributed by atoms with Crippen LogP contribution >= 0.6 is 15.9 Å². The molecular weight excluding hydrogens is 332 g/mol. The molecular formula is C15H17BrN4O. The van der Waals surface area contributed by atoms with Crippen LogP contribution in [0, 0.1) is 6.92 Å². The van der Waals surface area contributed by atoms with Gasteiger partial charge in [0.15, 0.2) is 11.5 Å². The van der Waals surface area contributed by atoms with E-state index in [0.29, 0.717) is 11.5 Å². The SMILES string of the molecule is Cc1ccc(Nc2ccc(C(=O)NC(C)C)nn2)cc1Br. The predicted molar refractivity (Wildman–Crippen MR) is 86.8 cm³/mol. The van der Waals surface area contributed by atoms with E-state index in [9.17, 15) is 4.79 Å². The van der Waals surface area contributed by atoms with Gasteiger partial charge in [-0.05, 0) is 50.6 Å². The van der Waals surface area contributed by atoms with Crippen molar-refractivity contribution in [3.8, 4) is 0 Å². The normalized spacial score (nSPS) is 10.5. The van der Waals surface area contributed by atoms with Crippen molar-refractivity contribution in [1.82, 2.24) is 15.5 Å². The van der Waals surface area contributed by atoms with E-state index in [2.05, 4.69) is 36.8 Å². The number of amides is 1. The first-order valence-electron chi connectivity index (χ1n) is 6.63. The number of hydrogen-bond donors (Lipinski definition) is 2. The van der Waals surface area contributed by atoms with Crippen molar-refractivity contribution in [2.24, 2.45) is 0 Å². The Morgan fingerprint density at radius 3 is 2.52 bits per heavy atom. The molecule has 0 atom stereocenters. The number of nitrogens with zero attached hydrogens (tertiary/aromatic N) is 2. The van der Waals surface area contributed by atoms with Gasteiger partial charge in [0.05, 0.1) is 0 Å². The fourth-order valence-corrected chi connectivity index (χ4v) is 2.05. The highest BCUT2D eigenvalue weighted by atomic mass is 79.9. The van der Waals surface area contributed by atoms with E-state index in [4.69, 9.17) is 0 Å². The summed E-state index contributed by atoms with van der Waals surface area (Å²) in [5.74, 6) is 0.369. The van der Waals surface area contributed by atoms with Gasteiger partial charge in [0.25, 0.3) is 5.91 Å². The van der Waals surface area contributed by atoms with Crippen molar-refractivity contribution in [2.75, 3.05) is 5.32 Å². The van der Waals surface area contributed by atoms with Gasteiger partial charge >= 0.3 is 0 Å². The summed E-state index contributed by atoms with van der Waals surface area (Å²) in [6.45, 7) is 5.82. The third-order valence-electron chi connectivity index (χ3n) is 2.76. The monoisotopic (exact) mass is 348 g/mol. The predicted octanol–water partition coefficient (Wildman–Crippen LogP) is 3.43. The second kappa shape index (κ2) is 6.67. The number of anilines is 2. The Balaban J connectivity index is 2.08. The Kier molecular flexibility index (Phi) is 4.90. The maximum atomic E-state index is 11.8. The van der Waals surface area contributed by atoms with Crippen molar-refractivity contribution >= 4 is 33.3 Å². The number of carbonyl (C=O) groups excluding carboxylic acids is 1. The molecule has 0 saturated carbocycles. The number of benzene rings is 1. The first-order valence-corrected chi connectivity index (χ1v) is 7.43. The summed E-state index contributed by atoms with van der Waals surface area (Å²) < 4.78 is 1.02. The molecule has 21 heavy (non-hydrogen) atoms. The quantitative estimate of drug-likeness (QED) is 0.888. The van der Waals surface area contributed by atoms with Crippen LogP contribution < -0.4 is 10.6 Å². The van der Waals surface area contributed by atoms with Crippen LogP contribution in [0.15, 0.2) is 34.8 Å². The summed E-state index contributed by atoms with van der Waals surface area (Å²) in [5, 5.41) is 13.9. The Morgan fingerprint density at radius 2 is 1.95 bits per heavy atom. The molecule has 2 N–H and O–H groups in total. The Labute approximate surface area is 132 Å². The molecule has 1 heterocycles. The summed E-state index contributed by atoms with van der Waals surface area (Å²) in [6, 6.07) is 9.38. The summed E-state index contributed by atoms with van der Waals surface area (Å²) in [4.78, 5) is 11.8. The lowest BCUT2D eigenvalue weighted by Gasteiger charge is -2.09. The van der Waals surface area contributed by atoms with Crippen molar-refractivity contribution in [3.05, 3.63) is 46.1 Å². The molecule has 0 saturated heterocycles. The maximum Gasteiger partial charge on any atom is 0.271 e. The molecule has 1 aromatic carbocycles. The van der Waals surface area contributed by atoms with Crippen molar-refractivity contribution < 1.29 is 4.79 Å². The molecule has 0 fully saturated rings. The molecule has 0 aliphatic carbocycles. The van der Waals surface area contributed by atoms with E-state index in [-0.39, 0.29) is 11.9 Å². The molecule has 0 aliphatic rings. The van der Waals surface area contributed by atoms with Crippen LogP contribution in [-0.4, -0.2) is 22.1 Å². The van der Waals surface area contributed by atoms with Crippen LogP contribution in [0.1, 0.15) is 29.9 Å². The molecule has 0 unspecified atom stereocenters. The lowest BCUT2D eigenvalue weighted by atomic mass is 10.2. The Bertz CT molecular complexity index is 641. The third kappa shape index (κ3) is 4.26. The van der Waals surface area contributed by atoms with E-state index >= 15 is 0 Å². The van der Waals surface area contributed by atoms with E-state index in [0.717, 1.165) is 15.7 Å². The second-order valence-electron chi connectivity index (χ2n) is 5.02. The van der Waals surface area contributed by atoms with Gasteiger partial charge in [-0.15, -0.1) is 10.2 Å². The number of aryl methyl sites for hydroxylation is 1. The lowest BCUT2D eigenvalue weighted by molar-refractivity contribution is 0.0937. The first kappa shape index (κ1) is 15.4. The van der Waals surface area contributed by atoms with E-state index in [1.807, 2.05) is 39.0 Å².